The lowest BCUT2D eigenvalue weighted by Gasteiger charge is -2.32. The summed E-state index contributed by atoms with van der Waals surface area (Å²) in [5.41, 5.74) is 0.500. The maximum Gasteiger partial charge on any atom is 0.310 e. The predicted molar refractivity (Wildman–Crippen MR) is 66.7 cm³/mol. The molecule has 2 rings (SSSR count). The van der Waals surface area contributed by atoms with E-state index in [9.17, 15) is 9.18 Å². The van der Waals surface area contributed by atoms with Crippen molar-refractivity contribution in [2.45, 2.75) is 18.8 Å². The SMILES string of the molecule is CCC1(c2cccc(F)c2)CNCC1C(=O)OC. The van der Waals surface area contributed by atoms with Crippen LogP contribution in [0.3, 0.4) is 0 Å². The summed E-state index contributed by atoms with van der Waals surface area (Å²) < 4.78 is 18.3. The normalized spacial score (nSPS) is 27.2. The summed E-state index contributed by atoms with van der Waals surface area (Å²) in [4.78, 5) is 11.9. The van der Waals surface area contributed by atoms with Crippen molar-refractivity contribution in [2.75, 3.05) is 20.2 Å². The van der Waals surface area contributed by atoms with Gasteiger partial charge in [0.05, 0.1) is 13.0 Å². The van der Waals surface area contributed by atoms with Crippen molar-refractivity contribution in [3.8, 4) is 0 Å². The highest BCUT2D eigenvalue weighted by atomic mass is 19.1. The average molecular weight is 251 g/mol. The molecule has 0 aliphatic carbocycles. The lowest BCUT2D eigenvalue weighted by Crippen LogP contribution is -2.39. The first-order chi connectivity index (χ1) is 8.64. The molecule has 1 fully saturated rings. The van der Waals surface area contributed by atoms with Crippen LogP contribution in [0.4, 0.5) is 4.39 Å². The summed E-state index contributed by atoms with van der Waals surface area (Å²) in [5.74, 6) is -0.753. The number of halogens is 1. The van der Waals surface area contributed by atoms with Gasteiger partial charge < -0.3 is 10.1 Å². The monoisotopic (exact) mass is 251 g/mol. The van der Waals surface area contributed by atoms with Crippen LogP contribution in [-0.4, -0.2) is 26.2 Å². The molecule has 0 saturated carbocycles. The summed E-state index contributed by atoms with van der Waals surface area (Å²) >= 11 is 0. The number of carbonyl (C=O) groups is 1. The quantitative estimate of drug-likeness (QED) is 0.833. The standard InChI is InChI=1S/C14H18FNO2/c1-3-14(10-5-4-6-11(15)7-10)9-16-8-12(14)13(17)18-2/h4-7,12,16H,3,8-9H2,1-2H3. The minimum atomic E-state index is -0.366. The van der Waals surface area contributed by atoms with Crippen LogP contribution in [0.5, 0.6) is 0 Å². The van der Waals surface area contributed by atoms with E-state index in [1.807, 2.05) is 13.0 Å². The van der Waals surface area contributed by atoms with Crippen LogP contribution >= 0.6 is 0 Å². The number of nitrogens with one attached hydrogen (secondary N) is 1. The van der Waals surface area contributed by atoms with E-state index in [2.05, 4.69) is 5.32 Å². The van der Waals surface area contributed by atoms with Crippen LogP contribution in [0, 0.1) is 11.7 Å². The van der Waals surface area contributed by atoms with Gasteiger partial charge >= 0.3 is 5.97 Å². The lowest BCUT2D eigenvalue weighted by molar-refractivity contribution is -0.146. The summed E-state index contributed by atoms with van der Waals surface area (Å²) in [5, 5.41) is 3.22. The van der Waals surface area contributed by atoms with Gasteiger partial charge in [-0.2, -0.15) is 0 Å². The molecule has 98 valence electrons. The van der Waals surface area contributed by atoms with Gasteiger partial charge in [0, 0.05) is 18.5 Å². The van der Waals surface area contributed by atoms with Gasteiger partial charge in [0.1, 0.15) is 5.82 Å². The van der Waals surface area contributed by atoms with Crippen molar-refractivity contribution in [1.82, 2.24) is 5.32 Å². The number of ether oxygens (including phenoxy) is 1. The van der Waals surface area contributed by atoms with E-state index in [4.69, 9.17) is 4.74 Å². The van der Waals surface area contributed by atoms with E-state index in [1.165, 1.54) is 19.2 Å². The highest BCUT2D eigenvalue weighted by molar-refractivity contribution is 5.75. The first kappa shape index (κ1) is 13.0. The third-order valence-corrected chi connectivity index (χ3v) is 3.97. The van der Waals surface area contributed by atoms with Gasteiger partial charge in [-0.25, -0.2) is 4.39 Å². The van der Waals surface area contributed by atoms with Crippen LogP contribution in [0.2, 0.25) is 0 Å². The first-order valence-electron chi connectivity index (χ1n) is 6.18. The zero-order chi connectivity index (χ0) is 13.2. The molecule has 1 heterocycles. The summed E-state index contributed by atoms with van der Waals surface area (Å²) in [6, 6.07) is 6.51. The number of esters is 1. The van der Waals surface area contributed by atoms with E-state index < -0.39 is 0 Å². The Morgan fingerprint density at radius 3 is 3.00 bits per heavy atom. The highest BCUT2D eigenvalue weighted by Crippen LogP contribution is 2.39. The Kier molecular flexibility index (Phi) is 3.66. The second-order valence-corrected chi connectivity index (χ2v) is 4.73. The van der Waals surface area contributed by atoms with Crippen molar-refractivity contribution in [3.63, 3.8) is 0 Å². The molecule has 18 heavy (non-hydrogen) atoms. The van der Waals surface area contributed by atoms with Crippen LogP contribution in [0.25, 0.3) is 0 Å². The number of carbonyl (C=O) groups excluding carboxylic acids is 1. The zero-order valence-corrected chi connectivity index (χ0v) is 10.7. The first-order valence-corrected chi connectivity index (χ1v) is 6.18. The van der Waals surface area contributed by atoms with E-state index >= 15 is 0 Å². The van der Waals surface area contributed by atoms with Gasteiger partial charge in [-0.05, 0) is 24.1 Å². The molecule has 1 aliphatic rings. The van der Waals surface area contributed by atoms with E-state index in [-0.39, 0.29) is 23.1 Å². The highest BCUT2D eigenvalue weighted by Gasteiger charge is 2.47. The molecule has 4 heteroatoms. The molecule has 2 unspecified atom stereocenters. The zero-order valence-electron chi connectivity index (χ0n) is 10.7. The smallest absolute Gasteiger partial charge is 0.310 e. The Bertz CT molecular complexity index is 449. The molecule has 1 N–H and O–H groups in total. The molecule has 0 aromatic heterocycles. The van der Waals surface area contributed by atoms with Crippen molar-refractivity contribution < 1.29 is 13.9 Å². The molecule has 3 nitrogen and oxygen atoms in total. The molecule has 0 spiro atoms. The fourth-order valence-corrected chi connectivity index (χ4v) is 2.89. The van der Waals surface area contributed by atoms with Gasteiger partial charge in [0.2, 0.25) is 0 Å². The van der Waals surface area contributed by atoms with E-state index in [1.54, 1.807) is 6.07 Å². The maximum atomic E-state index is 13.4. The van der Waals surface area contributed by atoms with Crippen molar-refractivity contribution in [1.29, 1.82) is 0 Å². The van der Waals surface area contributed by atoms with Crippen molar-refractivity contribution in [2.24, 2.45) is 5.92 Å². The topological polar surface area (TPSA) is 38.3 Å². The second kappa shape index (κ2) is 5.06. The number of methoxy groups -OCH3 is 1. The Morgan fingerprint density at radius 1 is 1.61 bits per heavy atom. The molecular formula is C14H18FNO2. The van der Waals surface area contributed by atoms with E-state index in [0.29, 0.717) is 13.1 Å². The Hall–Kier alpha value is -1.42. The molecular weight excluding hydrogens is 233 g/mol. The van der Waals surface area contributed by atoms with Gasteiger partial charge in [0.15, 0.2) is 0 Å². The molecule has 0 amide bonds. The van der Waals surface area contributed by atoms with Crippen molar-refractivity contribution in [3.05, 3.63) is 35.6 Å². The van der Waals surface area contributed by atoms with Gasteiger partial charge in [-0.3, -0.25) is 4.79 Å². The van der Waals surface area contributed by atoms with Gasteiger partial charge in [0.25, 0.3) is 0 Å². The summed E-state index contributed by atoms with van der Waals surface area (Å²) in [7, 11) is 1.40. The van der Waals surface area contributed by atoms with Gasteiger partial charge in [-0.15, -0.1) is 0 Å². The Morgan fingerprint density at radius 2 is 2.39 bits per heavy atom. The summed E-state index contributed by atoms with van der Waals surface area (Å²) in [6.45, 7) is 3.28. The summed E-state index contributed by atoms with van der Waals surface area (Å²) in [6.07, 6.45) is 0.767. The molecule has 1 aromatic carbocycles. The fourth-order valence-electron chi connectivity index (χ4n) is 2.89. The molecule has 1 saturated heterocycles. The molecule has 0 radical (unpaired) electrons. The van der Waals surface area contributed by atoms with Crippen LogP contribution in [0.15, 0.2) is 24.3 Å². The maximum absolute atomic E-state index is 13.4. The lowest BCUT2D eigenvalue weighted by atomic mass is 9.70. The number of hydrogen-bond donors (Lipinski definition) is 1. The third-order valence-electron chi connectivity index (χ3n) is 3.97. The minimum Gasteiger partial charge on any atom is -0.469 e. The average Bonchev–Trinajstić information content (AvgIpc) is 2.83. The van der Waals surface area contributed by atoms with Crippen LogP contribution in [-0.2, 0) is 14.9 Å². The second-order valence-electron chi connectivity index (χ2n) is 4.73. The Balaban J connectivity index is 2.43. The Labute approximate surface area is 106 Å². The molecule has 0 bridgehead atoms. The number of benzene rings is 1. The minimum absolute atomic E-state index is 0.230. The molecule has 1 aromatic rings. The predicted octanol–water partition coefficient (Wildman–Crippen LogP) is 1.87. The largest absolute Gasteiger partial charge is 0.469 e. The third kappa shape index (κ3) is 2.01. The molecule has 2 atom stereocenters. The van der Waals surface area contributed by atoms with Crippen LogP contribution in [0.1, 0.15) is 18.9 Å². The van der Waals surface area contributed by atoms with Gasteiger partial charge in [-0.1, -0.05) is 19.1 Å². The number of rotatable bonds is 3. The molecule has 1 aliphatic heterocycles. The number of hydrogen-bond acceptors (Lipinski definition) is 3. The van der Waals surface area contributed by atoms with E-state index in [0.717, 1.165) is 12.0 Å². The van der Waals surface area contributed by atoms with Crippen molar-refractivity contribution >= 4 is 5.97 Å². The fraction of sp³-hybridized carbons (Fsp3) is 0.500. The van der Waals surface area contributed by atoms with Crippen LogP contribution < -0.4 is 5.32 Å².